The smallest absolute Gasteiger partial charge is 0.219 e. The molecule has 0 spiro atoms. The molecule has 3 fully saturated rings. The predicted octanol–water partition coefficient (Wildman–Crippen LogP) is 3.27. The number of rotatable bonds is 4. The monoisotopic (exact) mass is 447 g/mol. The van der Waals surface area contributed by atoms with Crippen LogP contribution in [0.4, 0.5) is 0 Å². The number of imidazole rings is 1. The lowest BCUT2D eigenvalue weighted by Crippen LogP contribution is -2.47. The standard InChI is InChI=1S/C27H37N5O/c1-18-29-26-14-28-11-10-27(26)32(18)24-12-22-8-9-23(13-24)31(22)16-21-15-30(19(2)33)17-25(21)20-6-4-3-5-7-20/h3-7,21-25,28H,8-17H2,1-2H3/t21-,22-,23+,24?,25-/m1/s1. The van der Waals surface area contributed by atoms with E-state index >= 15 is 0 Å². The average molecular weight is 448 g/mol. The van der Waals surface area contributed by atoms with Gasteiger partial charge in [-0.15, -0.1) is 0 Å². The van der Waals surface area contributed by atoms with Crippen LogP contribution in [0.1, 0.15) is 67.3 Å². The molecule has 0 aliphatic carbocycles. The van der Waals surface area contributed by atoms with E-state index in [0.29, 0.717) is 30.0 Å². The van der Waals surface area contributed by atoms with Crippen molar-refractivity contribution < 1.29 is 4.79 Å². The number of likely N-dealkylation sites (tertiary alicyclic amines) is 1. The van der Waals surface area contributed by atoms with E-state index in [1.165, 1.54) is 48.5 Å². The first-order valence-electron chi connectivity index (χ1n) is 12.9. The van der Waals surface area contributed by atoms with Gasteiger partial charge in [0.15, 0.2) is 0 Å². The molecule has 1 N–H and O–H groups in total. The molecule has 1 amide bonds. The van der Waals surface area contributed by atoms with Crippen LogP contribution in [-0.2, 0) is 17.8 Å². The van der Waals surface area contributed by atoms with Gasteiger partial charge in [0.2, 0.25) is 5.91 Å². The van der Waals surface area contributed by atoms with Crippen molar-refractivity contribution in [1.82, 2.24) is 24.7 Å². The molecular weight excluding hydrogens is 410 g/mol. The molecule has 3 saturated heterocycles. The van der Waals surface area contributed by atoms with E-state index in [1.807, 2.05) is 0 Å². The van der Waals surface area contributed by atoms with Gasteiger partial charge in [-0.3, -0.25) is 9.69 Å². The van der Waals surface area contributed by atoms with Crippen molar-refractivity contribution in [2.75, 3.05) is 26.2 Å². The summed E-state index contributed by atoms with van der Waals surface area (Å²) in [5.74, 6) is 2.39. The number of hydrogen-bond acceptors (Lipinski definition) is 4. The van der Waals surface area contributed by atoms with E-state index in [1.54, 1.807) is 6.92 Å². The summed E-state index contributed by atoms with van der Waals surface area (Å²) in [4.78, 5) is 22.1. The molecule has 5 atom stereocenters. The third kappa shape index (κ3) is 3.81. The number of fused-ring (bicyclic) bond motifs is 3. The molecule has 5 heterocycles. The Labute approximate surface area is 197 Å². The second-order valence-electron chi connectivity index (χ2n) is 10.8. The van der Waals surface area contributed by atoms with Crippen molar-refractivity contribution in [2.24, 2.45) is 5.92 Å². The predicted molar refractivity (Wildman–Crippen MR) is 129 cm³/mol. The summed E-state index contributed by atoms with van der Waals surface area (Å²) in [6, 6.07) is 12.8. The third-order valence-corrected chi connectivity index (χ3v) is 8.88. The fourth-order valence-electron chi connectivity index (χ4n) is 7.37. The summed E-state index contributed by atoms with van der Waals surface area (Å²) in [5, 5.41) is 3.48. The zero-order chi connectivity index (χ0) is 22.5. The van der Waals surface area contributed by atoms with Crippen molar-refractivity contribution in [2.45, 2.75) is 76.5 Å². The Morgan fingerprint density at radius 1 is 1.09 bits per heavy atom. The van der Waals surface area contributed by atoms with Crippen LogP contribution in [-0.4, -0.2) is 63.5 Å². The highest BCUT2D eigenvalue weighted by molar-refractivity contribution is 5.73. The lowest BCUT2D eigenvalue weighted by molar-refractivity contribution is -0.128. The van der Waals surface area contributed by atoms with Gasteiger partial charge in [-0.05, 0) is 44.1 Å². The zero-order valence-electron chi connectivity index (χ0n) is 20.0. The Balaban J connectivity index is 1.20. The van der Waals surface area contributed by atoms with Gasteiger partial charge in [-0.1, -0.05) is 30.3 Å². The van der Waals surface area contributed by atoms with Gasteiger partial charge >= 0.3 is 0 Å². The molecule has 4 aliphatic heterocycles. The molecule has 6 nitrogen and oxygen atoms in total. The number of aryl methyl sites for hydroxylation is 1. The minimum atomic E-state index is 0.218. The molecule has 6 heteroatoms. The number of benzene rings is 1. The highest BCUT2D eigenvalue weighted by Gasteiger charge is 2.45. The SMILES string of the molecule is CC(=O)N1C[C@H](CN2[C@@H]3CC[C@H]2CC(n2c(C)nc4c2CCNC4)C3)[C@@H](c2ccccc2)C1. The third-order valence-electron chi connectivity index (χ3n) is 8.88. The van der Waals surface area contributed by atoms with E-state index in [2.05, 4.69) is 56.9 Å². The maximum atomic E-state index is 12.2. The highest BCUT2D eigenvalue weighted by atomic mass is 16.2. The van der Waals surface area contributed by atoms with Gasteiger partial charge in [0.25, 0.3) is 0 Å². The first-order valence-corrected chi connectivity index (χ1v) is 12.9. The first-order chi connectivity index (χ1) is 16.1. The summed E-state index contributed by atoms with van der Waals surface area (Å²) in [6.45, 7) is 8.80. The van der Waals surface area contributed by atoms with Crippen LogP contribution in [0, 0.1) is 12.8 Å². The van der Waals surface area contributed by atoms with Crippen molar-refractivity contribution in [1.29, 1.82) is 0 Å². The van der Waals surface area contributed by atoms with E-state index in [-0.39, 0.29) is 5.91 Å². The van der Waals surface area contributed by atoms with Gasteiger partial charge in [0, 0.05) is 75.8 Å². The van der Waals surface area contributed by atoms with Crippen LogP contribution in [0.5, 0.6) is 0 Å². The summed E-state index contributed by atoms with van der Waals surface area (Å²) in [7, 11) is 0. The molecule has 2 bridgehead atoms. The van der Waals surface area contributed by atoms with Crippen molar-refractivity contribution >= 4 is 5.91 Å². The van der Waals surface area contributed by atoms with E-state index in [0.717, 1.165) is 39.1 Å². The Kier molecular flexibility index (Phi) is 5.53. The minimum Gasteiger partial charge on any atom is -0.342 e. The number of hydrogen-bond donors (Lipinski definition) is 1. The molecular formula is C27H37N5O. The highest BCUT2D eigenvalue weighted by Crippen LogP contribution is 2.44. The normalized spacial score (nSPS) is 31.7. The summed E-state index contributed by atoms with van der Waals surface area (Å²) >= 11 is 0. The Hall–Kier alpha value is -2.18. The number of nitrogens with zero attached hydrogens (tertiary/aromatic N) is 4. The van der Waals surface area contributed by atoms with Crippen LogP contribution < -0.4 is 5.32 Å². The lowest BCUT2D eigenvalue weighted by Gasteiger charge is -2.42. The number of amides is 1. The number of carbonyl (C=O) groups is 1. The van der Waals surface area contributed by atoms with Crippen molar-refractivity contribution in [3.8, 4) is 0 Å². The number of carbonyl (C=O) groups excluding carboxylic acids is 1. The molecule has 4 aliphatic rings. The second kappa shape index (κ2) is 8.55. The van der Waals surface area contributed by atoms with E-state index in [9.17, 15) is 4.79 Å². The topological polar surface area (TPSA) is 53.4 Å². The van der Waals surface area contributed by atoms with E-state index < -0.39 is 0 Å². The Bertz CT molecular complexity index is 1000. The van der Waals surface area contributed by atoms with Crippen molar-refractivity contribution in [3.63, 3.8) is 0 Å². The number of aromatic nitrogens is 2. The van der Waals surface area contributed by atoms with Crippen LogP contribution in [0.25, 0.3) is 0 Å². The van der Waals surface area contributed by atoms with Crippen molar-refractivity contribution in [3.05, 3.63) is 53.1 Å². The fourth-order valence-corrected chi connectivity index (χ4v) is 7.37. The van der Waals surface area contributed by atoms with Crippen LogP contribution in [0.15, 0.2) is 30.3 Å². The summed E-state index contributed by atoms with van der Waals surface area (Å²) in [6.07, 6.45) is 6.22. The van der Waals surface area contributed by atoms with Gasteiger partial charge < -0.3 is 14.8 Å². The van der Waals surface area contributed by atoms with Gasteiger partial charge in [0.05, 0.1) is 5.69 Å². The number of nitrogens with one attached hydrogen (secondary N) is 1. The summed E-state index contributed by atoms with van der Waals surface area (Å²) < 4.78 is 2.61. The molecule has 0 saturated carbocycles. The van der Waals surface area contributed by atoms with Gasteiger partial charge in [-0.25, -0.2) is 4.98 Å². The minimum absolute atomic E-state index is 0.218. The Morgan fingerprint density at radius 3 is 2.58 bits per heavy atom. The number of piperidine rings is 1. The van der Waals surface area contributed by atoms with Crippen LogP contribution in [0.2, 0.25) is 0 Å². The maximum absolute atomic E-state index is 12.2. The molecule has 6 rings (SSSR count). The molecule has 176 valence electrons. The molecule has 1 aromatic heterocycles. The molecule has 1 aromatic carbocycles. The largest absolute Gasteiger partial charge is 0.342 e. The molecule has 2 aromatic rings. The van der Waals surface area contributed by atoms with Crippen LogP contribution >= 0.6 is 0 Å². The van der Waals surface area contributed by atoms with Gasteiger partial charge in [0.1, 0.15) is 5.82 Å². The Morgan fingerprint density at radius 2 is 1.85 bits per heavy atom. The quantitative estimate of drug-likeness (QED) is 0.782. The van der Waals surface area contributed by atoms with Crippen LogP contribution in [0.3, 0.4) is 0 Å². The zero-order valence-corrected chi connectivity index (χ0v) is 20.0. The molecule has 33 heavy (non-hydrogen) atoms. The van der Waals surface area contributed by atoms with E-state index in [4.69, 9.17) is 4.98 Å². The maximum Gasteiger partial charge on any atom is 0.219 e. The lowest BCUT2D eigenvalue weighted by atomic mass is 9.87. The van der Waals surface area contributed by atoms with Gasteiger partial charge in [-0.2, -0.15) is 0 Å². The molecule has 0 radical (unpaired) electrons. The fraction of sp³-hybridized carbons (Fsp3) is 0.630. The average Bonchev–Trinajstić information content (AvgIpc) is 3.46. The second-order valence-corrected chi connectivity index (χ2v) is 10.8. The summed E-state index contributed by atoms with van der Waals surface area (Å²) in [5.41, 5.74) is 4.15. The molecule has 1 unspecified atom stereocenters. The first kappa shape index (κ1) is 21.4.